The molecular formula is C19H24N4O4. The van der Waals surface area contributed by atoms with Gasteiger partial charge in [-0.25, -0.2) is 9.78 Å². The van der Waals surface area contributed by atoms with Crippen molar-refractivity contribution >= 4 is 11.8 Å². The Kier molecular flexibility index (Phi) is 5.63. The topological polar surface area (TPSA) is 87.0 Å². The van der Waals surface area contributed by atoms with Gasteiger partial charge in [0.25, 0.3) is 0 Å². The molecule has 144 valence electrons. The summed E-state index contributed by atoms with van der Waals surface area (Å²) in [6.45, 7) is 6.09. The van der Waals surface area contributed by atoms with Crippen LogP contribution in [-0.4, -0.2) is 46.2 Å². The van der Waals surface area contributed by atoms with Crippen molar-refractivity contribution in [2.24, 2.45) is 5.16 Å². The van der Waals surface area contributed by atoms with E-state index in [1.807, 2.05) is 55.8 Å². The Hall–Kier alpha value is -3.03. The van der Waals surface area contributed by atoms with Crippen LogP contribution in [0, 0.1) is 0 Å². The van der Waals surface area contributed by atoms with E-state index in [9.17, 15) is 4.79 Å². The van der Waals surface area contributed by atoms with Crippen LogP contribution < -0.4 is 10.1 Å². The molecule has 1 aromatic carbocycles. The van der Waals surface area contributed by atoms with Gasteiger partial charge >= 0.3 is 6.09 Å². The van der Waals surface area contributed by atoms with Crippen LogP contribution in [0.4, 0.5) is 4.79 Å². The smallest absolute Gasteiger partial charge is 0.407 e. The first-order chi connectivity index (χ1) is 12.9. The van der Waals surface area contributed by atoms with E-state index in [4.69, 9.17) is 14.3 Å². The Morgan fingerprint density at radius 1 is 1.37 bits per heavy atom. The van der Waals surface area contributed by atoms with Gasteiger partial charge in [-0.3, -0.25) is 0 Å². The molecule has 1 aromatic heterocycles. The Labute approximate surface area is 158 Å². The lowest BCUT2D eigenvalue weighted by Gasteiger charge is -2.19. The van der Waals surface area contributed by atoms with Crippen molar-refractivity contribution in [2.75, 3.05) is 13.2 Å². The molecule has 2 heterocycles. The molecule has 1 amide bonds. The molecule has 1 atom stereocenters. The zero-order valence-electron chi connectivity index (χ0n) is 15.7. The van der Waals surface area contributed by atoms with E-state index in [1.54, 1.807) is 12.5 Å². The number of oxime groups is 1. The monoisotopic (exact) mass is 372 g/mol. The minimum absolute atomic E-state index is 0.198. The van der Waals surface area contributed by atoms with E-state index in [-0.39, 0.29) is 12.6 Å². The highest BCUT2D eigenvalue weighted by Crippen LogP contribution is 2.23. The minimum atomic E-state index is -0.531. The largest absolute Gasteiger partial charge is 0.487 e. The van der Waals surface area contributed by atoms with Crippen LogP contribution in [-0.2, 0) is 9.57 Å². The average Bonchev–Trinajstić information content (AvgIpc) is 3.29. The quantitative estimate of drug-likeness (QED) is 0.842. The summed E-state index contributed by atoms with van der Waals surface area (Å²) in [5, 5.41) is 6.70. The molecule has 0 radical (unpaired) electrons. The molecule has 8 heteroatoms. The first-order valence-electron chi connectivity index (χ1n) is 8.79. The fraction of sp³-hybridized carbons (Fsp3) is 0.421. The van der Waals surface area contributed by atoms with E-state index < -0.39 is 11.7 Å². The first kappa shape index (κ1) is 18.8. The number of amides is 1. The van der Waals surface area contributed by atoms with Gasteiger partial charge in [-0.15, -0.1) is 0 Å². The molecule has 0 fully saturated rings. The molecule has 8 nitrogen and oxygen atoms in total. The number of carbonyl (C=O) groups excluding carboxylic acids is 1. The highest BCUT2D eigenvalue weighted by atomic mass is 16.7. The number of rotatable bonds is 6. The van der Waals surface area contributed by atoms with Gasteiger partial charge in [0.1, 0.15) is 18.0 Å². The van der Waals surface area contributed by atoms with Crippen molar-refractivity contribution in [1.29, 1.82) is 0 Å². The zero-order chi connectivity index (χ0) is 19.3. The van der Waals surface area contributed by atoms with Gasteiger partial charge < -0.3 is 24.2 Å². The number of hydrogen-bond acceptors (Lipinski definition) is 6. The third kappa shape index (κ3) is 5.47. The predicted octanol–water partition coefficient (Wildman–Crippen LogP) is 2.92. The molecule has 27 heavy (non-hydrogen) atoms. The van der Waals surface area contributed by atoms with E-state index in [0.29, 0.717) is 13.0 Å². The van der Waals surface area contributed by atoms with Gasteiger partial charge in [0.2, 0.25) is 0 Å². The highest BCUT2D eigenvalue weighted by molar-refractivity contribution is 5.89. The summed E-state index contributed by atoms with van der Waals surface area (Å²) >= 11 is 0. The van der Waals surface area contributed by atoms with Crippen molar-refractivity contribution in [2.45, 2.75) is 38.9 Å². The van der Waals surface area contributed by atoms with Crippen LogP contribution in [0.3, 0.4) is 0 Å². The lowest BCUT2D eigenvalue weighted by molar-refractivity contribution is 0.0470. The molecule has 0 saturated carbocycles. The number of carbonyl (C=O) groups is 1. The first-order valence-corrected chi connectivity index (χ1v) is 8.79. The van der Waals surface area contributed by atoms with Gasteiger partial charge in [-0.1, -0.05) is 17.3 Å². The summed E-state index contributed by atoms with van der Waals surface area (Å²) in [5.41, 5.74) is 1.12. The number of benzene rings is 1. The number of nitrogens with one attached hydrogen (secondary N) is 1. The van der Waals surface area contributed by atoms with E-state index in [1.165, 1.54) is 0 Å². The highest BCUT2D eigenvalue weighted by Gasteiger charge is 2.23. The van der Waals surface area contributed by atoms with Gasteiger partial charge in [0, 0.05) is 18.8 Å². The maximum absolute atomic E-state index is 11.7. The van der Waals surface area contributed by atoms with Gasteiger partial charge in [-0.2, -0.15) is 0 Å². The van der Waals surface area contributed by atoms with Crippen molar-refractivity contribution in [3.63, 3.8) is 0 Å². The van der Waals surface area contributed by atoms with Crippen molar-refractivity contribution in [1.82, 2.24) is 14.9 Å². The Balaban J connectivity index is 1.46. The number of aromatic nitrogens is 2. The third-order valence-electron chi connectivity index (χ3n) is 3.70. The lowest BCUT2D eigenvalue weighted by atomic mass is 10.2. The maximum Gasteiger partial charge on any atom is 0.407 e. The van der Waals surface area contributed by atoms with Crippen LogP contribution in [0.15, 0.2) is 48.1 Å². The van der Waals surface area contributed by atoms with E-state index in [2.05, 4.69) is 15.5 Å². The SMILES string of the molecule is CC(C)(C)OC(=O)NCC1=NOC(COc2ccccc2-n2ccnc2)C1. The van der Waals surface area contributed by atoms with Crippen molar-refractivity contribution in [3.05, 3.63) is 43.0 Å². The fourth-order valence-corrected chi connectivity index (χ4v) is 2.55. The molecule has 0 aliphatic carbocycles. The van der Waals surface area contributed by atoms with Crippen molar-refractivity contribution < 1.29 is 19.1 Å². The van der Waals surface area contributed by atoms with Crippen LogP contribution in [0.5, 0.6) is 5.75 Å². The number of hydrogen-bond donors (Lipinski definition) is 1. The van der Waals surface area contributed by atoms with Gasteiger partial charge in [-0.05, 0) is 32.9 Å². The zero-order valence-corrected chi connectivity index (χ0v) is 15.7. The molecule has 1 aliphatic heterocycles. The molecule has 0 spiro atoms. The van der Waals surface area contributed by atoms with Crippen LogP contribution >= 0.6 is 0 Å². The van der Waals surface area contributed by atoms with Crippen LogP contribution in [0.25, 0.3) is 5.69 Å². The Morgan fingerprint density at radius 2 is 2.19 bits per heavy atom. The summed E-state index contributed by atoms with van der Waals surface area (Å²) < 4.78 is 13.0. The molecule has 1 N–H and O–H groups in total. The second kappa shape index (κ2) is 8.11. The second-order valence-corrected chi connectivity index (χ2v) is 7.19. The van der Waals surface area contributed by atoms with Gasteiger partial charge in [0.05, 0.1) is 24.3 Å². The molecule has 1 unspecified atom stereocenters. The lowest BCUT2D eigenvalue weighted by Crippen LogP contribution is -2.35. The predicted molar refractivity (Wildman–Crippen MR) is 100 cm³/mol. The fourth-order valence-electron chi connectivity index (χ4n) is 2.55. The molecule has 0 saturated heterocycles. The Morgan fingerprint density at radius 3 is 2.93 bits per heavy atom. The maximum atomic E-state index is 11.7. The Bertz CT molecular complexity index is 796. The number of para-hydroxylation sites is 2. The summed E-state index contributed by atoms with van der Waals surface area (Å²) in [4.78, 5) is 21.2. The molecule has 3 rings (SSSR count). The number of nitrogens with zero attached hydrogens (tertiary/aromatic N) is 3. The molecule has 2 aromatic rings. The number of alkyl carbamates (subject to hydrolysis) is 1. The van der Waals surface area contributed by atoms with Crippen molar-refractivity contribution in [3.8, 4) is 11.4 Å². The minimum Gasteiger partial charge on any atom is -0.487 e. The average molecular weight is 372 g/mol. The van der Waals surface area contributed by atoms with E-state index in [0.717, 1.165) is 17.1 Å². The summed E-state index contributed by atoms with van der Waals surface area (Å²) in [7, 11) is 0. The normalized spacial score (nSPS) is 16.4. The van der Waals surface area contributed by atoms with Gasteiger partial charge in [0.15, 0.2) is 6.10 Å². The standard InChI is InChI=1S/C19H24N4O4/c1-19(2,3)26-18(24)21-11-14-10-15(27-22-14)12-25-17-7-5-4-6-16(17)23-9-8-20-13-23/h4-9,13,15H,10-12H2,1-3H3,(H,21,24). The summed E-state index contributed by atoms with van der Waals surface area (Å²) in [6.07, 6.45) is 5.21. The summed E-state index contributed by atoms with van der Waals surface area (Å²) in [5.74, 6) is 0.736. The molecule has 0 bridgehead atoms. The van der Waals surface area contributed by atoms with Crippen LogP contribution in [0.2, 0.25) is 0 Å². The summed E-state index contributed by atoms with van der Waals surface area (Å²) in [6, 6.07) is 7.71. The molecule has 1 aliphatic rings. The number of imidazole rings is 1. The second-order valence-electron chi connectivity index (χ2n) is 7.19. The van der Waals surface area contributed by atoms with E-state index >= 15 is 0 Å². The number of ether oxygens (including phenoxy) is 2. The van der Waals surface area contributed by atoms with Crippen LogP contribution in [0.1, 0.15) is 27.2 Å². The third-order valence-corrected chi connectivity index (χ3v) is 3.70. The molecular weight excluding hydrogens is 348 g/mol.